The van der Waals surface area contributed by atoms with Crippen LogP contribution in [0.1, 0.15) is 68.1 Å². The number of methoxy groups -OCH3 is 1. The Bertz CT molecular complexity index is 1460. The minimum atomic E-state index is -3.88. The van der Waals surface area contributed by atoms with Gasteiger partial charge in [0.25, 0.3) is 0 Å². The normalized spacial score (nSPS) is 15.5. The van der Waals surface area contributed by atoms with Crippen molar-refractivity contribution in [2.75, 3.05) is 13.7 Å². The van der Waals surface area contributed by atoms with Crippen molar-refractivity contribution >= 4 is 22.0 Å². The number of hydrogen-bond acceptors (Lipinski definition) is 7. The number of carbonyl (C=O) groups is 2. The van der Waals surface area contributed by atoms with Crippen LogP contribution in [-0.2, 0) is 26.2 Å². The highest BCUT2D eigenvalue weighted by molar-refractivity contribution is 7.89. The molecule has 248 valence electrons. The molecule has 0 spiro atoms. The van der Waals surface area contributed by atoms with E-state index in [4.69, 9.17) is 4.74 Å². The predicted molar refractivity (Wildman–Crippen MR) is 175 cm³/mol. The Kier molecular flexibility index (Phi) is 12.7. The standard InChI is InChI=1S/C35H45N3O7S/c1-25(11-9-18-30(24-40)38(29-16-10-17-29)46(43,44)31-21-19-26(23-39)20-22-31)36-34(41)33(37-35(42)45-2)32(27-12-5-3-6-13-27)28-14-7-4-8-15-28/h3-8,12-15,19-22,25,29-30,32-33,39-40H,9-11,16-18,23-24H2,1-2H3,(H,36,41)(H,37,42)/t25-,30-,33-/m0/s1. The molecule has 1 fully saturated rings. The molecule has 3 aromatic carbocycles. The minimum absolute atomic E-state index is 0.131. The summed E-state index contributed by atoms with van der Waals surface area (Å²) in [4.78, 5) is 26.4. The number of aliphatic hydroxyl groups is 2. The largest absolute Gasteiger partial charge is 0.453 e. The van der Waals surface area contributed by atoms with Gasteiger partial charge in [0.15, 0.2) is 0 Å². The molecule has 4 rings (SSSR count). The number of hydrogen-bond donors (Lipinski definition) is 4. The van der Waals surface area contributed by atoms with Gasteiger partial charge in [-0.1, -0.05) is 79.2 Å². The van der Waals surface area contributed by atoms with Crippen LogP contribution < -0.4 is 10.6 Å². The predicted octanol–water partition coefficient (Wildman–Crippen LogP) is 4.31. The summed E-state index contributed by atoms with van der Waals surface area (Å²) in [7, 11) is -2.63. The summed E-state index contributed by atoms with van der Waals surface area (Å²) < 4.78 is 33.8. The van der Waals surface area contributed by atoms with Gasteiger partial charge in [0, 0.05) is 24.0 Å². The highest BCUT2D eigenvalue weighted by Gasteiger charge is 2.39. The Balaban J connectivity index is 1.46. The molecule has 2 amide bonds. The zero-order chi connectivity index (χ0) is 33.1. The molecule has 0 heterocycles. The maximum absolute atomic E-state index is 13.8. The van der Waals surface area contributed by atoms with E-state index in [-0.39, 0.29) is 36.1 Å². The topological polar surface area (TPSA) is 145 Å². The van der Waals surface area contributed by atoms with Gasteiger partial charge in [0.05, 0.1) is 25.2 Å². The second-order valence-corrected chi connectivity index (χ2v) is 13.7. The van der Waals surface area contributed by atoms with Crippen LogP contribution in [0.4, 0.5) is 4.79 Å². The Morgan fingerprint density at radius 1 is 0.891 bits per heavy atom. The molecule has 0 unspecified atom stereocenters. The van der Waals surface area contributed by atoms with Gasteiger partial charge in [-0.05, 0) is 67.9 Å². The first-order chi connectivity index (χ1) is 22.2. The summed E-state index contributed by atoms with van der Waals surface area (Å²) >= 11 is 0. The molecule has 1 aliphatic rings. The van der Waals surface area contributed by atoms with Crippen LogP contribution in [0.25, 0.3) is 0 Å². The van der Waals surface area contributed by atoms with Crippen molar-refractivity contribution in [1.29, 1.82) is 0 Å². The second kappa shape index (κ2) is 16.7. The van der Waals surface area contributed by atoms with Crippen molar-refractivity contribution in [1.82, 2.24) is 14.9 Å². The highest BCUT2D eigenvalue weighted by atomic mass is 32.2. The maximum atomic E-state index is 13.8. The summed E-state index contributed by atoms with van der Waals surface area (Å²) in [6, 6.07) is 23.1. The van der Waals surface area contributed by atoms with Crippen LogP contribution in [0, 0.1) is 0 Å². The van der Waals surface area contributed by atoms with Crippen molar-refractivity contribution in [3.8, 4) is 0 Å². The van der Waals surface area contributed by atoms with Gasteiger partial charge < -0.3 is 25.6 Å². The Morgan fingerprint density at radius 2 is 1.48 bits per heavy atom. The Hall–Kier alpha value is -3.77. The van der Waals surface area contributed by atoms with Gasteiger partial charge in [0.2, 0.25) is 15.9 Å². The fourth-order valence-electron chi connectivity index (χ4n) is 5.97. The van der Waals surface area contributed by atoms with E-state index >= 15 is 0 Å². The van der Waals surface area contributed by atoms with E-state index in [0.29, 0.717) is 24.8 Å². The molecule has 3 atom stereocenters. The van der Waals surface area contributed by atoms with Gasteiger partial charge in [-0.2, -0.15) is 4.31 Å². The lowest BCUT2D eigenvalue weighted by Gasteiger charge is -2.41. The van der Waals surface area contributed by atoms with Crippen LogP contribution >= 0.6 is 0 Å². The number of alkyl carbamates (subject to hydrolysis) is 1. The number of nitrogens with one attached hydrogen (secondary N) is 2. The molecule has 11 heteroatoms. The van der Waals surface area contributed by atoms with Gasteiger partial charge in [-0.3, -0.25) is 4.79 Å². The quantitative estimate of drug-likeness (QED) is 0.181. The molecule has 0 radical (unpaired) electrons. The fraction of sp³-hybridized carbons (Fsp3) is 0.429. The van der Waals surface area contributed by atoms with Gasteiger partial charge in [-0.25, -0.2) is 13.2 Å². The van der Waals surface area contributed by atoms with E-state index in [1.807, 2.05) is 67.6 Å². The zero-order valence-corrected chi connectivity index (χ0v) is 27.2. The highest BCUT2D eigenvalue weighted by Crippen LogP contribution is 2.34. The molecule has 0 saturated heterocycles. The van der Waals surface area contributed by atoms with E-state index in [9.17, 15) is 28.2 Å². The fourth-order valence-corrected chi connectivity index (χ4v) is 7.86. The average Bonchev–Trinajstić information content (AvgIpc) is 3.05. The summed E-state index contributed by atoms with van der Waals surface area (Å²) in [5, 5.41) is 25.5. The summed E-state index contributed by atoms with van der Waals surface area (Å²) in [6.45, 7) is 1.36. The number of carbonyl (C=O) groups excluding carboxylic acids is 2. The third-order valence-corrected chi connectivity index (χ3v) is 10.7. The number of sulfonamides is 1. The molecule has 1 aliphatic carbocycles. The van der Waals surface area contributed by atoms with E-state index in [1.54, 1.807) is 12.1 Å². The average molecular weight is 652 g/mol. The lowest BCUT2D eigenvalue weighted by molar-refractivity contribution is -0.124. The third-order valence-electron chi connectivity index (χ3n) is 8.64. The third kappa shape index (κ3) is 8.73. The molecule has 0 bridgehead atoms. The van der Waals surface area contributed by atoms with E-state index in [2.05, 4.69) is 10.6 Å². The molecule has 3 aromatic rings. The van der Waals surface area contributed by atoms with Crippen LogP contribution in [0.3, 0.4) is 0 Å². The summed E-state index contributed by atoms with van der Waals surface area (Å²) in [5.41, 5.74) is 2.32. The number of nitrogens with zero attached hydrogens (tertiary/aromatic N) is 1. The molecule has 0 aliphatic heterocycles. The van der Waals surface area contributed by atoms with Crippen LogP contribution in [-0.4, -0.2) is 72.8 Å². The first-order valence-corrected chi connectivity index (χ1v) is 17.2. The van der Waals surface area contributed by atoms with E-state index in [1.165, 1.54) is 23.5 Å². The first kappa shape index (κ1) is 35.1. The Labute approximate surface area is 271 Å². The van der Waals surface area contributed by atoms with Crippen LogP contribution in [0.15, 0.2) is 89.8 Å². The SMILES string of the molecule is COC(=O)N[C@H](C(=O)N[C@@H](C)CCC[C@@H](CO)N(C1CCC1)S(=O)(=O)c1ccc(CO)cc1)C(c1ccccc1)c1ccccc1. The van der Waals surface area contributed by atoms with Crippen LogP contribution in [0.2, 0.25) is 0 Å². The van der Waals surface area contributed by atoms with Crippen molar-refractivity contribution in [2.24, 2.45) is 0 Å². The lowest BCUT2D eigenvalue weighted by Crippen LogP contribution is -2.52. The van der Waals surface area contributed by atoms with Crippen molar-refractivity contribution < 1.29 is 33.0 Å². The first-order valence-electron chi connectivity index (χ1n) is 15.8. The number of amides is 2. The number of benzene rings is 3. The molecular formula is C35H45N3O7S. The van der Waals surface area contributed by atoms with E-state index < -0.39 is 34.1 Å². The molecule has 10 nitrogen and oxygen atoms in total. The Morgan fingerprint density at radius 3 is 1.96 bits per heavy atom. The number of rotatable bonds is 16. The number of ether oxygens (including phenoxy) is 1. The number of aliphatic hydroxyl groups excluding tert-OH is 2. The maximum Gasteiger partial charge on any atom is 0.407 e. The molecular weight excluding hydrogens is 606 g/mol. The smallest absolute Gasteiger partial charge is 0.407 e. The monoisotopic (exact) mass is 651 g/mol. The van der Waals surface area contributed by atoms with Crippen molar-refractivity contribution in [3.63, 3.8) is 0 Å². The molecule has 4 N–H and O–H groups in total. The van der Waals surface area contributed by atoms with Gasteiger partial charge in [-0.15, -0.1) is 0 Å². The molecule has 1 saturated carbocycles. The van der Waals surface area contributed by atoms with Crippen LogP contribution in [0.5, 0.6) is 0 Å². The second-order valence-electron chi connectivity index (χ2n) is 11.8. The summed E-state index contributed by atoms with van der Waals surface area (Å²) in [5.74, 6) is -0.862. The minimum Gasteiger partial charge on any atom is -0.453 e. The zero-order valence-electron chi connectivity index (χ0n) is 26.4. The molecule has 0 aromatic heterocycles. The van der Waals surface area contributed by atoms with Crippen molar-refractivity contribution in [3.05, 3.63) is 102 Å². The van der Waals surface area contributed by atoms with Crippen molar-refractivity contribution in [2.45, 2.75) is 87.0 Å². The van der Waals surface area contributed by atoms with Gasteiger partial charge >= 0.3 is 6.09 Å². The molecule has 46 heavy (non-hydrogen) atoms. The van der Waals surface area contributed by atoms with E-state index in [0.717, 1.165) is 30.4 Å². The lowest BCUT2D eigenvalue weighted by atomic mass is 9.84. The summed E-state index contributed by atoms with van der Waals surface area (Å²) in [6.07, 6.45) is 3.14. The van der Waals surface area contributed by atoms with Gasteiger partial charge in [0.1, 0.15) is 6.04 Å².